The largest absolute Gasteiger partial charge is 0.298 e. The average Bonchev–Trinajstić information content (AvgIpc) is 2.23. The van der Waals surface area contributed by atoms with E-state index in [9.17, 15) is 4.79 Å². The van der Waals surface area contributed by atoms with Gasteiger partial charge in [-0.2, -0.15) is 0 Å². The molecule has 0 heterocycles. The number of benzene rings is 1. The number of halogens is 2. The minimum atomic E-state index is -0.538. The summed E-state index contributed by atoms with van der Waals surface area (Å²) >= 11 is 9.72. The normalized spacial score (nSPS) is 26.7. The summed E-state index contributed by atoms with van der Waals surface area (Å²) in [5.41, 5.74) is 0.913. The molecule has 0 N–H and O–H groups in total. The van der Waals surface area contributed by atoms with Gasteiger partial charge >= 0.3 is 0 Å². The first-order chi connectivity index (χ1) is 7.14. The second kappa shape index (κ2) is 4.26. The lowest BCUT2D eigenvalue weighted by atomic mass is 9.82. The number of carbonyl (C=O) groups is 1. The lowest BCUT2D eigenvalue weighted by molar-refractivity contribution is -0.122. The molecule has 1 saturated carbocycles. The molecule has 1 unspecified atom stereocenters. The van der Waals surface area contributed by atoms with E-state index in [-0.39, 0.29) is 5.78 Å². The highest BCUT2D eigenvalue weighted by Gasteiger charge is 2.39. The molecule has 3 heteroatoms. The Morgan fingerprint density at radius 2 is 2.00 bits per heavy atom. The van der Waals surface area contributed by atoms with Crippen LogP contribution in [0.1, 0.15) is 31.2 Å². The van der Waals surface area contributed by atoms with Crippen molar-refractivity contribution in [3.05, 3.63) is 34.9 Å². The Labute approximate surface area is 103 Å². The molecule has 0 saturated heterocycles. The number of hydrogen-bond acceptors (Lipinski definition) is 1. The molecule has 1 aromatic carbocycles. The summed E-state index contributed by atoms with van der Waals surface area (Å²) in [4.78, 5) is 12.0. The van der Waals surface area contributed by atoms with E-state index in [1.54, 1.807) is 0 Å². The molecule has 1 atom stereocenters. The molecular weight excluding hydrogens is 275 g/mol. The third-order valence-electron chi connectivity index (χ3n) is 2.92. The zero-order valence-electron chi connectivity index (χ0n) is 8.30. The first kappa shape index (κ1) is 11.2. The van der Waals surface area contributed by atoms with Gasteiger partial charge in [0.25, 0.3) is 0 Å². The van der Waals surface area contributed by atoms with Gasteiger partial charge in [0.1, 0.15) is 4.32 Å². The highest BCUT2D eigenvalue weighted by Crippen LogP contribution is 2.44. The fourth-order valence-electron chi connectivity index (χ4n) is 2.06. The van der Waals surface area contributed by atoms with Crippen molar-refractivity contribution in [2.24, 2.45) is 0 Å². The van der Waals surface area contributed by atoms with Crippen molar-refractivity contribution in [3.8, 4) is 0 Å². The molecule has 0 spiro atoms. The maximum Gasteiger partial charge on any atom is 0.154 e. The van der Waals surface area contributed by atoms with Gasteiger partial charge in [0.05, 0.1) is 0 Å². The third kappa shape index (κ3) is 1.98. The fraction of sp³-hybridized carbons (Fsp3) is 0.417. The number of carbonyl (C=O) groups excluding carboxylic acids is 1. The van der Waals surface area contributed by atoms with Crippen molar-refractivity contribution < 1.29 is 4.79 Å². The SMILES string of the molecule is O=C1CCCCC1(Br)c1ccccc1Cl. The molecule has 15 heavy (non-hydrogen) atoms. The molecule has 1 aromatic rings. The number of rotatable bonds is 1. The van der Waals surface area contributed by atoms with E-state index in [4.69, 9.17) is 11.6 Å². The minimum Gasteiger partial charge on any atom is -0.298 e. The number of Topliss-reactive ketones (excluding diaryl/α,β-unsaturated/α-hetero) is 1. The number of alkyl halides is 1. The summed E-state index contributed by atoms with van der Waals surface area (Å²) < 4.78 is -0.538. The lowest BCUT2D eigenvalue weighted by Gasteiger charge is -2.31. The predicted octanol–water partition coefficient (Wildman–Crippen LogP) is 4.07. The zero-order valence-corrected chi connectivity index (χ0v) is 10.6. The van der Waals surface area contributed by atoms with Gasteiger partial charge in [-0.15, -0.1) is 0 Å². The molecule has 0 radical (unpaired) electrons. The van der Waals surface area contributed by atoms with Gasteiger partial charge in [-0.05, 0) is 24.5 Å². The number of ketones is 1. The maximum absolute atomic E-state index is 12.0. The van der Waals surface area contributed by atoms with Crippen LogP contribution in [0.25, 0.3) is 0 Å². The molecule has 0 bridgehead atoms. The van der Waals surface area contributed by atoms with Crippen molar-refractivity contribution in [2.75, 3.05) is 0 Å². The van der Waals surface area contributed by atoms with Crippen molar-refractivity contribution in [1.29, 1.82) is 0 Å². The quantitative estimate of drug-likeness (QED) is 0.712. The molecule has 2 rings (SSSR count). The van der Waals surface area contributed by atoms with Gasteiger partial charge in [-0.25, -0.2) is 0 Å². The Morgan fingerprint density at radius 1 is 1.27 bits per heavy atom. The van der Waals surface area contributed by atoms with Crippen LogP contribution in [-0.2, 0) is 9.12 Å². The Balaban J connectivity index is 2.44. The first-order valence-electron chi connectivity index (χ1n) is 5.12. The van der Waals surface area contributed by atoms with Crippen LogP contribution >= 0.6 is 27.5 Å². The standard InChI is InChI=1S/C12H12BrClO/c13-12(8-4-3-7-11(12)15)9-5-1-2-6-10(9)14/h1-2,5-6H,3-4,7-8H2. The highest BCUT2D eigenvalue weighted by atomic mass is 79.9. The second-order valence-electron chi connectivity index (χ2n) is 3.91. The monoisotopic (exact) mass is 286 g/mol. The van der Waals surface area contributed by atoms with E-state index >= 15 is 0 Å². The summed E-state index contributed by atoms with van der Waals surface area (Å²) in [6.07, 6.45) is 3.56. The van der Waals surface area contributed by atoms with Crippen LogP contribution in [0, 0.1) is 0 Å². The lowest BCUT2D eigenvalue weighted by Crippen LogP contribution is -2.32. The Hall–Kier alpha value is -0.340. The van der Waals surface area contributed by atoms with Crippen LogP contribution in [0.15, 0.2) is 24.3 Å². The Morgan fingerprint density at radius 3 is 2.67 bits per heavy atom. The molecule has 1 aliphatic rings. The van der Waals surface area contributed by atoms with E-state index in [1.165, 1.54) is 0 Å². The van der Waals surface area contributed by atoms with E-state index in [0.29, 0.717) is 11.4 Å². The summed E-state index contributed by atoms with van der Waals surface area (Å²) in [5.74, 6) is 0.252. The highest BCUT2D eigenvalue weighted by molar-refractivity contribution is 9.10. The van der Waals surface area contributed by atoms with Crippen LogP contribution in [0.2, 0.25) is 5.02 Å². The van der Waals surface area contributed by atoms with E-state index in [0.717, 1.165) is 24.8 Å². The van der Waals surface area contributed by atoms with Gasteiger partial charge < -0.3 is 0 Å². The zero-order chi connectivity index (χ0) is 10.9. The van der Waals surface area contributed by atoms with Crippen LogP contribution in [-0.4, -0.2) is 5.78 Å². The molecular formula is C12H12BrClO. The predicted molar refractivity (Wildman–Crippen MR) is 65.5 cm³/mol. The molecule has 0 aromatic heterocycles. The Kier molecular flexibility index (Phi) is 3.17. The van der Waals surface area contributed by atoms with E-state index in [1.807, 2.05) is 24.3 Å². The van der Waals surface area contributed by atoms with Gasteiger partial charge in [0.15, 0.2) is 5.78 Å². The summed E-state index contributed by atoms with van der Waals surface area (Å²) in [6, 6.07) is 7.57. The van der Waals surface area contributed by atoms with Gasteiger partial charge in [0.2, 0.25) is 0 Å². The third-order valence-corrected chi connectivity index (χ3v) is 4.51. The van der Waals surface area contributed by atoms with Gasteiger partial charge in [-0.3, -0.25) is 4.79 Å². The van der Waals surface area contributed by atoms with E-state index in [2.05, 4.69) is 15.9 Å². The van der Waals surface area contributed by atoms with Gasteiger partial charge in [0, 0.05) is 11.4 Å². The topological polar surface area (TPSA) is 17.1 Å². The summed E-state index contributed by atoms with van der Waals surface area (Å²) in [5, 5.41) is 0.671. The first-order valence-corrected chi connectivity index (χ1v) is 6.29. The summed E-state index contributed by atoms with van der Waals surface area (Å²) in [6.45, 7) is 0. The minimum absolute atomic E-state index is 0.252. The smallest absolute Gasteiger partial charge is 0.154 e. The van der Waals surface area contributed by atoms with E-state index < -0.39 is 4.32 Å². The molecule has 0 aliphatic heterocycles. The van der Waals surface area contributed by atoms with Crippen LogP contribution in [0.4, 0.5) is 0 Å². The molecule has 1 aliphatic carbocycles. The molecule has 0 amide bonds. The van der Waals surface area contributed by atoms with Crippen LogP contribution in [0.3, 0.4) is 0 Å². The molecule has 80 valence electrons. The van der Waals surface area contributed by atoms with Crippen molar-refractivity contribution in [3.63, 3.8) is 0 Å². The van der Waals surface area contributed by atoms with Crippen molar-refractivity contribution in [2.45, 2.75) is 30.0 Å². The van der Waals surface area contributed by atoms with Crippen LogP contribution in [0.5, 0.6) is 0 Å². The fourth-order valence-corrected chi connectivity index (χ4v) is 3.29. The molecule has 1 nitrogen and oxygen atoms in total. The van der Waals surface area contributed by atoms with Crippen molar-refractivity contribution >= 4 is 33.3 Å². The summed E-state index contributed by atoms with van der Waals surface area (Å²) in [7, 11) is 0. The van der Waals surface area contributed by atoms with Crippen molar-refractivity contribution in [1.82, 2.24) is 0 Å². The maximum atomic E-state index is 12.0. The van der Waals surface area contributed by atoms with Gasteiger partial charge in [-0.1, -0.05) is 52.2 Å². The second-order valence-corrected chi connectivity index (χ2v) is 5.67. The Bertz CT molecular complexity index is 391. The number of hydrogen-bond donors (Lipinski definition) is 0. The molecule has 1 fully saturated rings. The average molecular weight is 288 g/mol. The van der Waals surface area contributed by atoms with Crippen LogP contribution < -0.4 is 0 Å².